The van der Waals surface area contributed by atoms with Crippen LogP contribution in [-0.2, 0) is 12.0 Å². The van der Waals surface area contributed by atoms with Crippen molar-refractivity contribution < 1.29 is 23.7 Å². The Hall–Kier alpha value is -3.28. The van der Waals surface area contributed by atoms with Crippen LogP contribution in [0, 0.1) is 0 Å². The Morgan fingerprint density at radius 3 is 2.63 bits per heavy atom. The van der Waals surface area contributed by atoms with Gasteiger partial charge in [-0.25, -0.2) is 0 Å². The van der Waals surface area contributed by atoms with Gasteiger partial charge in [-0.1, -0.05) is 6.58 Å². The Bertz CT molecular complexity index is 1140. The predicted molar refractivity (Wildman–Crippen MR) is 112 cm³/mol. The topological polar surface area (TPSA) is 58.2 Å². The molecule has 1 spiro atoms. The zero-order valence-electron chi connectivity index (χ0n) is 17.2. The van der Waals surface area contributed by atoms with Crippen molar-refractivity contribution in [3.05, 3.63) is 59.3 Å². The molecule has 0 amide bonds. The lowest BCUT2D eigenvalue weighted by molar-refractivity contribution is 0.0348. The van der Waals surface area contributed by atoms with Gasteiger partial charge in [0.05, 0.1) is 14.2 Å². The summed E-state index contributed by atoms with van der Waals surface area (Å²) in [6.45, 7) is 6.49. The number of ether oxygens (including phenoxy) is 5. The van der Waals surface area contributed by atoms with Gasteiger partial charge in [-0.2, -0.15) is 0 Å². The van der Waals surface area contributed by atoms with Crippen molar-refractivity contribution in [2.75, 3.05) is 20.8 Å². The lowest BCUT2D eigenvalue weighted by Gasteiger charge is -2.54. The third-order valence-corrected chi connectivity index (χ3v) is 6.63. The largest absolute Gasteiger partial charge is 0.493 e. The Labute approximate surface area is 175 Å². The van der Waals surface area contributed by atoms with Crippen LogP contribution in [0.4, 0.5) is 0 Å². The van der Waals surface area contributed by atoms with Gasteiger partial charge in [-0.15, -0.1) is 0 Å². The van der Waals surface area contributed by atoms with E-state index in [-0.39, 0.29) is 12.2 Å². The van der Waals surface area contributed by atoms with Crippen molar-refractivity contribution >= 4 is 5.57 Å². The first-order valence-corrected chi connectivity index (χ1v) is 10.1. The van der Waals surface area contributed by atoms with Crippen LogP contribution < -0.4 is 29.0 Å². The maximum absolute atomic E-state index is 6.61. The lowest BCUT2D eigenvalue weighted by atomic mass is 9.68. The molecule has 1 N–H and O–H groups in total. The summed E-state index contributed by atoms with van der Waals surface area (Å²) in [5, 5.41) is 3.53. The Kier molecular flexibility index (Phi) is 3.44. The van der Waals surface area contributed by atoms with Crippen molar-refractivity contribution in [1.82, 2.24) is 5.32 Å². The number of fused-ring (bicyclic) bond motifs is 5. The third kappa shape index (κ3) is 2.03. The number of rotatable bonds is 3. The molecule has 4 aliphatic rings. The molecule has 4 heterocycles. The van der Waals surface area contributed by atoms with Crippen LogP contribution in [0.2, 0.25) is 0 Å². The van der Waals surface area contributed by atoms with E-state index in [1.807, 2.05) is 25.1 Å². The minimum Gasteiger partial charge on any atom is -0.493 e. The minimum atomic E-state index is -0.471. The van der Waals surface area contributed by atoms with Crippen LogP contribution in [0.5, 0.6) is 28.7 Å². The molecule has 30 heavy (non-hydrogen) atoms. The summed E-state index contributed by atoms with van der Waals surface area (Å²) < 4.78 is 29.8. The smallest absolute Gasteiger partial charge is 0.164 e. The first-order chi connectivity index (χ1) is 14.6. The fourth-order valence-electron chi connectivity index (χ4n) is 5.01. The molecule has 6 heteroatoms. The zero-order chi connectivity index (χ0) is 20.6. The molecule has 154 valence electrons. The average molecular weight is 405 g/mol. The molecule has 0 fully saturated rings. The van der Waals surface area contributed by atoms with E-state index in [0.29, 0.717) is 18.1 Å². The summed E-state index contributed by atoms with van der Waals surface area (Å²) in [6.07, 6.45) is 2.64. The van der Waals surface area contributed by atoms with Crippen LogP contribution >= 0.6 is 0 Å². The van der Waals surface area contributed by atoms with E-state index >= 15 is 0 Å². The van der Waals surface area contributed by atoms with Crippen LogP contribution in [0.15, 0.2) is 42.6 Å². The highest BCUT2D eigenvalue weighted by molar-refractivity contribution is 5.88. The molecule has 0 unspecified atom stereocenters. The first kappa shape index (κ1) is 17.6. The molecule has 3 atom stereocenters. The van der Waals surface area contributed by atoms with Crippen molar-refractivity contribution in [1.29, 1.82) is 0 Å². The first-order valence-electron chi connectivity index (χ1n) is 10.1. The van der Waals surface area contributed by atoms with Gasteiger partial charge >= 0.3 is 0 Å². The van der Waals surface area contributed by atoms with Gasteiger partial charge < -0.3 is 29.0 Å². The predicted octanol–water partition coefficient (Wildman–Crippen LogP) is 3.58. The second-order valence-electron chi connectivity index (χ2n) is 8.21. The molecule has 2 aromatic carbocycles. The van der Waals surface area contributed by atoms with E-state index in [4.69, 9.17) is 23.7 Å². The van der Waals surface area contributed by atoms with E-state index in [9.17, 15) is 0 Å². The normalized spacial score (nSPS) is 26.4. The highest BCUT2D eigenvalue weighted by Gasteiger charge is 2.58. The summed E-state index contributed by atoms with van der Waals surface area (Å²) in [7, 11) is 3.27. The van der Waals surface area contributed by atoms with E-state index in [1.54, 1.807) is 14.2 Å². The van der Waals surface area contributed by atoms with Gasteiger partial charge in [0, 0.05) is 41.0 Å². The Balaban J connectivity index is 1.49. The van der Waals surface area contributed by atoms with Gasteiger partial charge in [-0.3, -0.25) is 0 Å². The molecule has 6 nitrogen and oxygen atoms in total. The third-order valence-electron chi connectivity index (χ3n) is 6.63. The molecule has 0 aliphatic carbocycles. The summed E-state index contributed by atoms with van der Waals surface area (Å²) in [5.41, 5.74) is 4.95. The van der Waals surface area contributed by atoms with Crippen LogP contribution in [0.25, 0.3) is 5.57 Å². The molecule has 0 bridgehead atoms. The standard InChI is InChI=1S/C24H23NO5/c1-12(2)18-7-14-17(29-18)6-5-13-16-10-25-24(16)15-8-20(26-3)21(27-4)9-19(15)28-11-22(24)30-23(13)14/h5-6,8-10,18,22,25H,1,7,11H2,2-4H3/t18-,22-,24+/m1/s1. The summed E-state index contributed by atoms with van der Waals surface area (Å²) in [4.78, 5) is 0. The van der Waals surface area contributed by atoms with Crippen molar-refractivity contribution in [3.8, 4) is 28.7 Å². The lowest BCUT2D eigenvalue weighted by Crippen LogP contribution is -2.64. The van der Waals surface area contributed by atoms with Crippen molar-refractivity contribution in [3.63, 3.8) is 0 Å². The van der Waals surface area contributed by atoms with Gasteiger partial charge in [-0.05, 0) is 30.7 Å². The number of hydrogen-bond donors (Lipinski definition) is 1. The number of hydrogen-bond acceptors (Lipinski definition) is 6. The van der Waals surface area contributed by atoms with Gasteiger partial charge in [0.1, 0.15) is 35.5 Å². The fraction of sp³-hybridized carbons (Fsp3) is 0.333. The summed E-state index contributed by atoms with van der Waals surface area (Å²) >= 11 is 0. The van der Waals surface area contributed by atoms with E-state index in [2.05, 4.69) is 24.2 Å². The molecule has 4 aliphatic heterocycles. The Morgan fingerprint density at radius 1 is 1.13 bits per heavy atom. The average Bonchev–Trinajstić information content (AvgIpc) is 3.18. The minimum absolute atomic E-state index is 0.00432. The number of nitrogens with one attached hydrogen (secondary N) is 1. The maximum atomic E-state index is 6.61. The number of methoxy groups -OCH3 is 2. The van der Waals surface area contributed by atoms with E-state index in [1.165, 1.54) is 5.57 Å². The summed E-state index contributed by atoms with van der Waals surface area (Å²) in [5.74, 6) is 3.87. The van der Waals surface area contributed by atoms with Crippen LogP contribution in [0.3, 0.4) is 0 Å². The van der Waals surface area contributed by atoms with Crippen LogP contribution in [0.1, 0.15) is 23.6 Å². The quantitative estimate of drug-likeness (QED) is 0.788. The molecule has 0 aromatic heterocycles. The highest BCUT2D eigenvalue weighted by atomic mass is 16.5. The summed E-state index contributed by atoms with van der Waals surface area (Å²) in [6, 6.07) is 8.01. The second-order valence-corrected chi connectivity index (χ2v) is 8.21. The molecule has 0 saturated heterocycles. The molecule has 6 rings (SSSR count). The molecule has 0 radical (unpaired) electrons. The highest BCUT2D eigenvalue weighted by Crippen LogP contribution is 2.59. The van der Waals surface area contributed by atoms with E-state index < -0.39 is 5.54 Å². The van der Waals surface area contributed by atoms with Crippen molar-refractivity contribution in [2.24, 2.45) is 0 Å². The number of benzene rings is 2. The zero-order valence-corrected chi connectivity index (χ0v) is 17.2. The Morgan fingerprint density at radius 2 is 1.93 bits per heavy atom. The molecular formula is C24H23NO5. The van der Waals surface area contributed by atoms with Gasteiger partial charge in [0.25, 0.3) is 0 Å². The second kappa shape index (κ2) is 5.88. The van der Waals surface area contributed by atoms with Crippen molar-refractivity contribution in [2.45, 2.75) is 31.1 Å². The molecular weight excluding hydrogens is 382 g/mol. The fourth-order valence-corrected chi connectivity index (χ4v) is 5.01. The monoisotopic (exact) mass is 405 g/mol. The van der Waals surface area contributed by atoms with Gasteiger partial charge in [0.15, 0.2) is 17.6 Å². The molecule has 0 saturated carbocycles. The molecule has 2 aromatic rings. The van der Waals surface area contributed by atoms with Gasteiger partial charge in [0.2, 0.25) is 0 Å². The van der Waals surface area contributed by atoms with E-state index in [0.717, 1.165) is 45.9 Å². The maximum Gasteiger partial charge on any atom is 0.164 e. The van der Waals surface area contributed by atoms with Crippen LogP contribution in [-0.4, -0.2) is 33.0 Å². The SMILES string of the molecule is C=C(C)[C@H]1Cc2c(ccc3c2O[C@@H]2COc4cc(OC)c(OC)cc4[C@@]24NC=C34)O1.